The molecule has 27 heavy (non-hydrogen) atoms. The zero-order valence-corrected chi connectivity index (χ0v) is 15.2. The topological polar surface area (TPSA) is 98.2 Å². The number of carbonyl (C=O) groups is 2. The molecule has 0 aliphatic carbocycles. The van der Waals surface area contributed by atoms with E-state index < -0.39 is 0 Å². The van der Waals surface area contributed by atoms with E-state index in [2.05, 4.69) is 20.4 Å². The molecule has 10 heteroatoms. The van der Waals surface area contributed by atoms with Crippen LogP contribution < -0.4 is 20.6 Å². The van der Waals surface area contributed by atoms with Crippen LogP contribution in [0.15, 0.2) is 29.5 Å². The molecule has 4 rings (SSSR count). The van der Waals surface area contributed by atoms with Crippen molar-refractivity contribution in [1.82, 2.24) is 24.8 Å². The molecule has 10 nitrogen and oxygen atoms in total. The summed E-state index contributed by atoms with van der Waals surface area (Å²) < 4.78 is 7.09. The molecule has 2 aromatic rings. The van der Waals surface area contributed by atoms with Gasteiger partial charge in [-0.05, 0) is 13.1 Å². The first-order chi connectivity index (χ1) is 13.1. The minimum atomic E-state index is -0.0463. The second-order valence-corrected chi connectivity index (χ2v) is 6.48. The average molecular weight is 371 g/mol. The molecule has 4 heterocycles. The lowest BCUT2D eigenvalue weighted by Gasteiger charge is -2.17. The lowest BCUT2D eigenvalue weighted by molar-refractivity contribution is 0.0766. The average Bonchev–Trinajstić information content (AvgIpc) is 3.36. The molecule has 142 valence electrons. The van der Waals surface area contributed by atoms with Crippen molar-refractivity contribution < 1.29 is 14.3 Å². The second kappa shape index (κ2) is 6.80. The van der Waals surface area contributed by atoms with Gasteiger partial charge in [0.2, 0.25) is 6.41 Å². The Bertz CT molecular complexity index is 948. The number of anilines is 2. The number of fused-ring (bicyclic) bond motifs is 1. The van der Waals surface area contributed by atoms with E-state index in [0.717, 1.165) is 12.2 Å². The monoisotopic (exact) mass is 371 g/mol. The molecule has 0 saturated carbocycles. The van der Waals surface area contributed by atoms with Gasteiger partial charge < -0.3 is 20.0 Å². The van der Waals surface area contributed by atoms with Gasteiger partial charge in [-0.25, -0.2) is 0 Å². The van der Waals surface area contributed by atoms with Gasteiger partial charge in [-0.15, -0.1) is 0 Å². The highest BCUT2D eigenvalue weighted by Crippen LogP contribution is 2.38. The molecule has 0 bridgehead atoms. The summed E-state index contributed by atoms with van der Waals surface area (Å²) in [5, 5.41) is 4.10. The molecule has 0 aromatic carbocycles. The predicted molar refractivity (Wildman–Crippen MR) is 98.2 cm³/mol. The maximum absolute atomic E-state index is 12.7. The van der Waals surface area contributed by atoms with Crippen LogP contribution >= 0.6 is 0 Å². The number of ether oxygens (including phenoxy) is 1. The Morgan fingerprint density at radius 3 is 2.93 bits per heavy atom. The van der Waals surface area contributed by atoms with Crippen LogP contribution in [0, 0.1) is 0 Å². The fourth-order valence-corrected chi connectivity index (χ4v) is 3.26. The molecule has 0 radical (unpaired) electrons. The van der Waals surface area contributed by atoms with E-state index >= 15 is 0 Å². The summed E-state index contributed by atoms with van der Waals surface area (Å²) in [5.41, 5.74) is 4.44. The third-order valence-corrected chi connectivity index (χ3v) is 4.66. The van der Waals surface area contributed by atoms with Gasteiger partial charge in [0.25, 0.3) is 5.91 Å². The first-order valence-corrected chi connectivity index (χ1v) is 8.60. The first-order valence-electron chi connectivity index (χ1n) is 8.60. The van der Waals surface area contributed by atoms with Crippen LogP contribution in [0.3, 0.4) is 0 Å². The summed E-state index contributed by atoms with van der Waals surface area (Å²) in [5.74, 6) is 1.30. The normalized spacial score (nSPS) is 17.2. The Balaban J connectivity index is 1.63. The maximum Gasteiger partial charge on any atom is 0.271 e. The Morgan fingerprint density at radius 2 is 2.22 bits per heavy atom. The van der Waals surface area contributed by atoms with Crippen molar-refractivity contribution in [3.05, 3.63) is 35.6 Å². The number of H-pyrrole nitrogens is 1. The molecule has 0 atom stereocenters. The van der Waals surface area contributed by atoms with E-state index in [-0.39, 0.29) is 5.91 Å². The molecule has 2 aromatic heterocycles. The zero-order chi connectivity index (χ0) is 19.0. The van der Waals surface area contributed by atoms with Gasteiger partial charge >= 0.3 is 0 Å². The molecule has 1 saturated heterocycles. The number of aromatic nitrogens is 2. The summed E-state index contributed by atoms with van der Waals surface area (Å²) in [4.78, 5) is 32.8. The van der Waals surface area contributed by atoms with Gasteiger partial charge in [0, 0.05) is 38.5 Å². The van der Waals surface area contributed by atoms with Crippen LogP contribution in [-0.2, 0) is 4.79 Å². The minimum absolute atomic E-state index is 0.0463. The number of likely N-dealkylation sites (N-methyl/N-ethyl adjacent to an activating group) is 1. The highest BCUT2D eigenvalue weighted by molar-refractivity contribution is 5.94. The van der Waals surface area contributed by atoms with Crippen LogP contribution in [0.1, 0.15) is 10.5 Å². The Hall–Kier alpha value is -3.27. The van der Waals surface area contributed by atoms with E-state index in [4.69, 9.17) is 4.74 Å². The van der Waals surface area contributed by atoms with Crippen molar-refractivity contribution in [3.8, 4) is 5.75 Å². The van der Waals surface area contributed by atoms with Crippen molar-refractivity contribution in [2.45, 2.75) is 0 Å². The summed E-state index contributed by atoms with van der Waals surface area (Å²) in [6.07, 6.45) is 2.32. The van der Waals surface area contributed by atoms with Gasteiger partial charge in [-0.2, -0.15) is 5.10 Å². The van der Waals surface area contributed by atoms with Crippen molar-refractivity contribution in [1.29, 1.82) is 0 Å². The molecule has 2 N–H and O–H groups in total. The number of nitrogens with one attached hydrogen (secondary N) is 2. The molecule has 1 amide bonds. The highest BCUT2D eigenvalue weighted by Gasteiger charge is 2.30. The van der Waals surface area contributed by atoms with Crippen LogP contribution in [0.5, 0.6) is 5.75 Å². The number of carbonyl (C=O) groups excluding carboxylic acids is 2. The van der Waals surface area contributed by atoms with Crippen molar-refractivity contribution in [2.75, 3.05) is 45.5 Å². The summed E-state index contributed by atoms with van der Waals surface area (Å²) in [7, 11) is 3.65. The van der Waals surface area contributed by atoms with E-state index in [1.54, 1.807) is 36.3 Å². The van der Waals surface area contributed by atoms with Crippen LogP contribution in [0.25, 0.3) is 0 Å². The largest absolute Gasteiger partial charge is 0.469 e. The highest BCUT2D eigenvalue weighted by atomic mass is 16.5. The minimum Gasteiger partial charge on any atom is -0.469 e. The first kappa shape index (κ1) is 17.2. The van der Waals surface area contributed by atoms with Gasteiger partial charge in [-0.1, -0.05) is 0 Å². The number of amides is 1. The molecular weight excluding hydrogens is 350 g/mol. The van der Waals surface area contributed by atoms with Gasteiger partial charge in [0.05, 0.1) is 12.4 Å². The molecule has 0 unspecified atom stereocenters. The predicted octanol–water partition coefficient (Wildman–Crippen LogP) is -0.277. The van der Waals surface area contributed by atoms with E-state index in [0.29, 0.717) is 49.1 Å². The number of pyridine rings is 1. The van der Waals surface area contributed by atoms with Crippen LogP contribution in [0.2, 0.25) is 0 Å². The van der Waals surface area contributed by atoms with E-state index in [1.807, 2.05) is 11.9 Å². The molecule has 0 spiro atoms. The summed E-state index contributed by atoms with van der Waals surface area (Å²) in [6.45, 7) is 2.51. The van der Waals surface area contributed by atoms with Gasteiger partial charge in [-0.3, -0.25) is 24.0 Å². The standard InChI is InChI=1S/C17H21N7O3/c1-18-20-15-7-12(3-4-23(15)10-25)24-11-27-14-8-13(19-16(14)24)17(26)22-6-5-21(2)9-22/h3-4,7-8,10,18-19H,5-6,9,11H2,1-2H3/b20-15-. The molecule has 2 aliphatic rings. The van der Waals surface area contributed by atoms with Gasteiger partial charge in [0.1, 0.15) is 5.69 Å². The summed E-state index contributed by atoms with van der Waals surface area (Å²) in [6, 6.07) is 5.30. The third kappa shape index (κ3) is 3.04. The molecular formula is C17H21N7O3. The quantitative estimate of drug-likeness (QED) is 0.567. The number of aromatic amines is 1. The third-order valence-electron chi connectivity index (χ3n) is 4.66. The Kier molecular flexibility index (Phi) is 4.32. The Labute approximate surface area is 155 Å². The number of rotatable bonds is 4. The van der Waals surface area contributed by atoms with Crippen LogP contribution in [-0.4, -0.2) is 72.3 Å². The molecule has 1 fully saturated rings. The smallest absolute Gasteiger partial charge is 0.271 e. The summed E-state index contributed by atoms with van der Waals surface area (Å²) >= 11 is 0. The fourth-order valence-electron chi connectivity index (χ4n) is 3.26. The van der Waals surface area contributed by atoms with E-state index in [1.165, 1.54) is 4.57 Å². The number of hydrogen-bond acceptors (Lipinski definition) is 7. The SMILES string of the molecule is CN/N=c1/cc(N2COc3cc(C(=O)N4CCN(C)C4)[nH]c32)ccn1C=O. The number of nitrogens with zero attached hydrogens (tertiary/aromatic N) is 5. The zero-order valence-electron chi connectivity index (χ0n) is 15.2. The lowest BCUT2D eigenvalue weighted by Crippen LogP contribution is -2.30. The van der Waals surface area contributed by atoms with Crippen molar-refractivity contribution >= 4 is 23.8 Å². The van der Waals surface area contributed by atoms with Gasteiger partial charge in [0.15, 0.2) is 23.8 Å². The van der Waals surface area contributed by atoms with E-state index in [9.17, 15) is 9.59 Å². The lowest BCUT2D eigenvalue weighted by atomic mass is 10.3. The molecule has 2 aliphatic heterocycles. The van der Waals surface area contributed by atoms with Crippen molar-refractivity contribution in [2.24, 2.45) is 5.10 Å². The fraction of sp³-hybridized carbons (Fsp3) is 0.353. The second-order valence-electron chi connectivity index (χ2n) is 6.48. The van der Waals surface area contributed by atoms with Crippen molar-refractivity contribution in [3.63, 3.8) is 0 Å². The Morgan fingerprint density at radius 1 is 1.37 bits per heavy atom. The van der Waals surface area contributed by atoms with Crippen LogP contribution in [0.4, 0.5) is 11.5 Å². The number of hydrogen-bond donors (Lipinski definition) is 2. The maximum atomic E-state index is 12.7.